The van der Waals surface area contributed by atoms with Crippen LogP contribution in [0.4, 0.5) is 0 Å². The Labute approximate surface area is 198 Å². The molecule has 0 unspecified atom stereocenters. The number of carbonyl (C=O) groups excluding carboxylic acids is 1. The number of pyridine rings is 1. The number of carbonyl (C=O) groups is 1. The molecule has 0 aliphatic carbocycles. The van der Waals surface area contributed by atoms with Crippen molar-refractivity contribution < 1.29 is 4.79 Å². The molecule has 0 bridgehead atoms. The maximum Gasteiger partial charge on any atom is 0.252 e. The second kappa shape index (κ2) is 8.94. The number of benzene rings is 2. The number of fused-ring (bicyclic) bond motifs is 1. The number of aryl methyl sites for hydroxylation is 3. The summed E-state index contributed by atoms with van der Waals surface area (Å²) >= 11 is 0. The van der Waals surface area contributed by atoms with Crippen molar-refractivity contribution in [3.8, 4) is 11.1 Å². The molecule has 7 nitrogen and oxygen atoms in total. The summed E-state index contributed by atoms with van der Waals surface area (Å²) in [5.74, 6) is -0.129. The average Bonchev–Trinajstić information content (AvgIpc) is 3.45. The normalized spacial score (nSPS) is 11.1. The number of hydrogen-bond donors (Lipinski definition) is 1. The molecule has 0 radical (unpaired) electrons. The average molecular weight is 451 g/mol. The molecule has 0 aliphatic rings. The second-order valence-electron chi connectivity index (χ2n) is 8.46. The maximum absolute atomic E-state index is 13.2. The molecule has 7 heteroatoms. The van der Waals surface area contributed by atoms with Crippen LogP contribution in [0.5, 0.6) is 0 Å². The minimum atomic E-state index is -0.129. The van der Waals surface area contributed by atoms with Gasteiger partial charge in [-0.15, -0.1) is 0 Å². The van der Waals surface area contributed by atoms with Crippen LogP contribution in [0.1, 0.15) is 32.9 Å². The van der Waals surface area contributed by atoms with Crippen LogP contribution < -0.4 is 5.32 Å². The first-order chi connectivity index (χ1) is 16.5. The highest BCUT2D eigenvalue weighted by Gasteiger charge is 2.18. The molecule has 1 N–H and O–H groups in total. The monoisotopic (exact) mass is 450 g/mol. The summed E-state index contributed by atoms with van der Waals surface area (Å²) in [6.45, 7) is 4.95. The van der Waals surface area contributed by atoms with Crippen molar-refractivity contribution in [2.75, 3.05) is 0 Å². The Hall–Kier alpha value is -4.26. The number of aromatic nitrogens is 5. The van der Waals surface area contributed by atoms with E-state index in [2.05, 4.69) is 56.9 Å². The highest BCUT2D eigenvalue weighted by molar-refractivity contribution is 6.06. The van der Waals surface area contributed by atoms with Crippen molar-refractivity contribution in [2.24, 2.45) is 7.05 Å². The van der Waals surface area contributed by atoms with E-state index in [1.54, 1.807) is 10.9 Å². The molecule has 2 aromatic carbocycles. The molecular weight excluding hydrogens is 424 g/mol. The van der Waals surface area contributed by atoms with Crippen molar-refractivity contribution in [2.45, 2.75) is 26.9 Å². The van der Waals surface area contributed by atoms with Crippen LogP contribution in [0, 0.1) is 13.8 Å². The summed E-state index contributed by atoms with van der Waals surface area (Å²) in [6.07, 6.45) is 3.74. The van der Waals surface area contributed by atoms with E-state index in [0.29, 0.717) is 12.1 Å². The molecule has 0 saturated heterocycles. The topological polar surface area (TPSA) is 77.6 Å². The van der Waals surface area contributed by atoms with E-state index in [1.165, 1.54) is 5.56 Å². The fourth-order valence-corrected chi connectivity index (χ4v) is 4.35. The number of hydrogen-bond acceptors (Lipinski definition) is 4. The van der Waals surface area contributed by atoms with Crippen molar-refractivity contribution in [3.05, 3.63) is 101 Å². The zero-order valence-electron chi connectivity index (χ0n) is 19.5. The largest absolute Gasteiger partial charge is 0.348 e. The third-order valence-corrected chi connectivity index (χ3v) is 5.97. The van der Waals surface area contributed by atoms with Gasteiger partial charge in [0.05, 0.1) is 23.2 Å². The van der Waals surface area contributed by atoms with Crippen molar-refractivity contribution in [1.82, 2.24) is 29.9 Å². The summed E-state index contributed by atoms with van der Waals surface area (Å²) in [5.41, 5.74) is 7.36. The molecule has 1 amide bonds. The van der Waals surface area contributed by atoms with E-state index in [9.17, 15) is 4.79 Å². The van der Waals surface area contributed by atoms with Crippen LogP contribution in [0.3, 0.4) is 0 Å². The van der Waals surface area contributed by atoms with Gasteiger partial charge in [0.25, 0.3) is 5.91 Å². The van der Waals surface area contributed by atoms with Gasteiger partial charge in [0, 0.05) is 31.7 Å². The molecule has 0 spiro atoms. The van der Waals surface area contributed by atoms with Crippen LogP contribution in [0.25, 0.3) is 22.2 Å². The number of nitrogens with zero attached hydrogens (tertiary/aromatic N) is 5. The molecule has 3 aromatic heterocycles. The van der Waals surface area contributed by atoms with Gasteiger partial charge in [-0.2, -0.15) is 10.2 Å². The lowest BCUT2D eigenvalue weighted by Gasteiger charge is -2.13. The molecule has 3 heterocycles. The quantitative estimate of drug-likeness (QED) is 0.415. The molecular formula is C27H26N6O. The highest BCUT2D eigenvalue weighted by Crippen LogP contribution is 2.25. The second-order valence-corrected chi connectivity index (χ2v) is 8.46. The zero-order valence-corrected chi connectivity index (χ0v) is 19.5. The predicted octanol–water partition coefficient (Wildman–Crippen LogP) is 4.43. The number of nitrogens with one attached hydrogen (secondary N) is 1. The Morgan fingerprint density at radius 3 is 2.59 bits per heavy atom. The van der Waals surface area contributed by atoms with Gasteiger partial charge < -0.3 is 5.32 Å². The van der Waals surface area contributed by atoms with Gasteiger partial charge >= 0.3 is 0 Å². The Kier molecular flexibility index (Phi) is 5.67. The lowest BCUT2D eigenvalue weighted by Crippen LogP contribution is -2.23. The van der Waals surface area contributed by atoms with Crippen LogP contribution >= 0.6 is 0 Å². The Morgan fingerprint density at radius 1 is 1.03 bits per heavy atom. The minimum absolute atomic E-state index is 0.129. The highest BCUT2D eigenvalue weighted by atomic mass is 16.1. The lowest BCUT2D eigenvalue weighted by atomic mass is 9.98. The standard InChI is InChI=1S/C27H26N6O/c1-18-15-24(25-19(2)31-32(3)26(25)30-18)27(34)28-16-22-7-4-5-8-23(22)21-11-9-20(10-12-21)17-33-14-6-13-29-33/h4-15H,16-17H2,1-3H3,(H,28,34). The van der Waals surface area contributed by atoms with Gasteiger partial charge in [-0.05, 0) is 48.2 Å². The summed E-state index contributed by atoms with van der Waals surface area (Å²) in [5, 5.41) is 12.6. The van der Waals surface area contributed by atoms with Crippen LogP contribution in [-0.2, 0) is 20.1 Å². The molecule has 5 aromatic rings. The van der Waals surface area contributed by atoms with Gasteiger partial charge in [0.2, 0.25) is 0 Å². The first-order valence-corrected chi connectivity index (χ1v) is 11.2. The van der Waals surface area contributed by atoms with Gasteiger partial charge in [0.1, 0.15) is 0 Å². The summed E-state index contributed by atoms with van der Waals surface area (Å²) in [4.78, 5) is 17.8. The first kappa shape index (κ1) is 21.6. The van der Waals surface area contributed by atoms with E-state index < -0.39 is 0 Å². The minimum Gasteiger partial charge on any atom is -0.348 e. The molecule has 0 saturated carbocycles. The van der Waals surface area contributed by atoms with Crippen LogP contribution in [-0.4, -0.2) is 30.5 Å². The number of amides is 1. The van der Waals surface area contributed by atoms with Crippen LogP contribution in [0.2, 0.25) is 0 Å². The third-order valence-electron chi connectivity index (χ3n) is 5.97. The third kappa shape index (κ3) is 4.20. The summed E-state index contributed by atoms with van der Waals surface area (Å²) in [6, 6.07) is 20.4. The molecule has 5 rings (SSSR count). The lowest BCUT2D eigenvalue weighted by molar-refractivity contribution is 0.0952. The SMILES string of the molecule is Cc1cc(C(=O)NCc2ccccc2-c2ccc(Cn3cccn3)cc2)c2c(C)nn(C)c2n1. The molecule has 170 valence electrons. The van der Waals surface area contributed by atoms with Crippen LogP contribution in [0.15, 0.2) is 73.1 Å². The summed E-state index contributed by atoms with van der Waals surface area (Å²) in [7, 11) is 1.85. The van der Waals surface area contributed by atoms with Gasteiger partial charge in [0.15, 0.2) is 5.65 Å². The van der Waals surface area contributed by atoms with E-state index in [-0.39, 0.29) is 5.91 Å². The summed E-state index contributed by atoms with van der Waals surface area (Å²) < 4.78 is 3.63. The van der Waals surface area contributed by atoms with Crippen molar-refractivity contribution in [3.63, 3.8) is 0 Å². The zero-order chi connectivity index (χ0) is 23.7. The fourth-order valence-electron chi connectivity index (χ4n) is 4.35. The Morgan fingerprint density at radius 2 is 1.82 bits per heavy atom. The Balaban J connectivity index is 1.37. The van der Waals surface area contributed by atoms with Crippen molar-refractivity contribution >= 4 is 16.9 Å². The fraction of sp³-hybridized carbons (Fsp3) is 0.185. The Bertz CT molecular complexity index is 1470. The molecule has 0 atom stereocenters. The van der Waals surface area contributed by atoms with Crippen molar-refractivity contribution in [1.29, 1.82) is 0 Å². The van der Waals surface area contributed by atoms with Gasteiger partial charge in [-0.1, -0.05) is 48.5 Å². The predicted molar refractivity (Wildman–Crippen MR) is 132 cm³/mol. The maximum atomic E-state index is 13.2. The smallest absolute Gasteiger partial charge is 0.252 e. The molecule has 0 fully saturated rings. The van der Waals surface area contributed by atoms with Gasteiger partial charge in [-0.25, -0.2) is 4.98 Å². The van der Waals surface area contributed by atoms with E-state index in [0.717, 1.165) is 45.7 Å². The first-order valence-electron chi connectivity index (χ1n) is 11.2. The van der Waals surface area contributed by atoms with E-state index in [1.807, 2.05) is 56.0 Å². The van der Waals surface area contributed by atoms with E-state index >= 15 is 0 Å². The molecule has 34 heavy (non-hydrogen) atoms. The van der Waals surface area contributed by atoms with E-state index in [4.69, 9.17) is 0 Å². The van der Waals surface area contributed by atoms with Gasteiger partial charge in [-0.3, -0.25) is 14.2 Å². The number of rotatable bonds is 6. The molecule has 0 aliphatic heterocycles.